The van der Waals surface area contributed by atoms with E-state index < -0.39 is 10.0 Å². The first-order valence-electron chi connectivity index (χ1n) is 11.7. The molecule has 1 aromatic carbocycles. The van der Waals surface area contributed by atoms with Crippen molar-refractivity contribution in [3.8, 4) is 5.75 Å². The Balaban J connectivity index is 1.41. The molecule has 0 bridgehead atoms. The van der Waals surface area contributed by atoms with Crippen LogP contribution in [0.4, 0.5) is 0 Å². The van der Waals surface area contributed by atoms with Crippen molar-refractivity contribution in [3.63, 3.8) is 0 Å². The van der Waals surface area contributed by atoms with Crippen molar-refractivity contribution >= 4 is 15.9 Å². The molecule has 0 unspecified atom stereocenters. The highest BCUT2D eigenvalue weighted by molar-refractivity contribution is 7.89. The standard InChI is InChI=1S/C23H37N3O4S/c1-2-30-21-9-11-22(12-10-21)31(28,29)24-14-13-23(27)26-16-6-15-25(17-18-26)19-20-7-4-3-5-8-20/h9-12,20,24H,2-8,13-19H2,1H3. The van der Waals surface area contributed by atoms with Crippen molar-refractivity contribution < 1.29 is 17.9 Å². The molecule has 0 radical (unpaired) electrons. The minimum atomic E-state index is -3.64. The minimum Gasteiger partial charge on any atom is -0.494 e. The quantitative estimate of drug-likeness (QED) is 0.625. The van der Waals surface area contributed by atoms with Crippen molar-refractivity contribution in [3.05, 3.63) is 24.3 Å². The highest BCUT2D eigenvalue weighted by Gasteiger charge is 2.22. The zero-order chi connectivity index (χ0) is 22.1. The normalized spacial score (nSPS) is 19.2. The number of hydrogen-bond acceptors (Lipinski definition) is 5. The Bertz CT molecular complexity index is 792. The monoisotopic (exact) mass is 451 g/mol. The van der Waals surface area contributed by atoms with Crippen LogP contribution in [0.5, 0.6) is 5.75 Å². The van der Waals surface area contributed by atoms with Gasteiger partial charge in [0.15, 0.2) is 0 Å². The van der Waals surface area contributed by atoms with E-state index in [4.69, 9.17) is 4.74 Å². The number of nitrogens with one attached hydrogen (secondary N) is 1. The summed E-state index contributed by atoms with van der Waals surface area (Å²) in [5.41, 5.74) is 0. The molecule has 2 fully saturated rings. The van der Waals surface area contributed by atoms with Crippen molar-refractivity contribution in [1.29, 1.82) is 0 Å². The Labute approximate surface area is 187 Å². The third-order valence-corrected chi connectivity index (χ3v) is 7.74. The average Bonchev–Trinajstić information content (AvgIpc) is 3.01. The molecular weight excluding hydrogens is 414 g/mol. The van der Waals surface area contributed by atoms with Crippen molar-refractivity contribution in [2.45, 2.75) is 56.8 Å². The van der Waals surface area contributed by atoms with Crippen molar-refractivity contribution in [1.82, 2.24) is 14.5 Å². The first-order valence-corrected chi connectivity index (χ1v) is 13.2. The summed E-state index contributed by atoms with van der Waals surface area (Å²) in [6, 6.07) is 6.31. The number of carbonyl (C=O) groups excluding carboxylic acids is 1. The topological polar surface area (TPSA) is 78.9 Å². The number of nitrogens with zero attached hydrogens (tertiary/aromatic N) is 2. The van der Waals surface area contributed by atoms with Crippen LogP contribution < -0.4 is 9.46 Å². The van der Waals surface area contributed by atoms with Gasteiger partial charge in [0, 0.05) is 39.1 Å². The second kappa shape index (κ2) is 11.8. The maximum Gasteiger partial charge on any atom is 0.240 e. The molecule has 1 aromatic rings. The summed E-state index contributed by atoms with van der Waals surface area (Å²) in [5, 5.41) is 0. The summed E-state index contributed by atoms with van der Waals surface area (Å²) in [6.07, 6.45) is 7.93. The highest BCUT2D eigenvalue weighted by atomic mass is 32.2. The number of hydrogen-bond donors (Lipinski definition) is 1. The van der Waals surface area contributed by atoms with Gasteiger partial charge >= 0.3 is 0 Å². The van der Waals surface area contributed by atoms with Gasteiger partial charge in [-0.2, -0.15) is 0 Å². The average molecular weight is 452 g/mol. The van der Waals surface area contributed by atoms with E-state index in [1.165, 1.54) is 44.2 Å². The lowest BCUT2D eigenvalue weighted by Crippen LogP contribution is -2.38. The van der Waals surface area contributed by atoms with E-state index in [0.717, 1.165) is 45.1 Å². The zero-order valence-corrected chi connectivity index (χ0v) is 19.5. The highest BCUT2D eigenvalue weighted by Crippen LogP contribution is 2.24. The van der Waals surface area contributed by atoms with Crippen LogP contribution in [0.3, 0.4) is 0 Å². The van der Waals surface area contributed by atoms with E-state index >= 15 is 0 Å². The molecule has 31 heavy (non-hydrogen) atoms. The maximum absolute atomic E-state index is 12.6. The Kier molecular flexibility index (Phi) is 9.16. The first kappa shape index (κ1) is 24.0. The van der Waals surface area contributed by atoms with Gasteiger partial charge < -0.3 is 14.5 Å². The molecule has 1 N–H and O–H groups in total. The molecule has 1 saturated carbocycles. The molecule has 1 aliphatic heterocycles. The first-order chi connectivity index (χ1) is 15.0. The van der Waals surface area contributed by atoms with Gasteiger partial charge in [0.25, 0.3) is 0 Å². The fraction of sp³-hybridized carbons (Fsp3) is 0.696. The van der Waals surface area contributed by atoms with Crippen LogP contribution in [0.15, 0.2) is 29.2 Å². The Hall–Kier alpha value is -1.64. The van der Waals surface area contributed by atoms with Gasteiger partial charge in [-0.3, -0.25) is 4.79 Å². The lowest BCUT2D eigenvalue weighted by atomic mass is 9.89. The third kappa shape index (κ3) is 7.47. The van der Waals surface area contributed by atoms with Crippen molar-refractivity contribution in [2.75, 3.05) is 45.9 Å². The molecule has 1 heterocycles. The van der Waals surface area contributed by atoms with Crippen LogP contribution in [-0.4, -0.2) is 70.0 Å². The fourth-order valence-electron chi connectivity index (χ4n) is 4.55. The van der Waals surface area contributed by atoms with Crippen LogP contribution in [0.1, 0.15) is 51.9 Å². The van der Waals surface area contributed by atoms with Crippen LogP contribution in [0.25, 0.3) is 0 Å². The molecule has 2 aliphatic rings. The predicted octanol–water partition coefficient (Wildman–Crippen LogP) is 2.87. The molecule has 1 aliphatic carbocycles. The second-order valence-electron chi connectivity index (χ2n) is 8.59. The van der Waals surface area contributed by atoms with Gasteiger partial charge in [-0.25, -0.2) is 13.1 Å². The lowest BCUT2D eigenvalue weighted by molar-refractivity contribution is -0.130. The van der Waals surface area contributed by atoms with E-state index in [9.17, 15) is 13.2 Å². The minimum absolute atomic E-state index is 0.0221. The van der Waals surface area contributed by atoms with E-state index in [-0.39, 0.29) is 23.8 Å². The SMILES string of the molecule is CCOc1ccc(S(=O)(=O)NCCC(=O)N2CCCN(CC3CCCCC3)CC2)cc1. The number of sulfonamides is 1. The van der Waals surface area contributed by atoms with Crippen molar-refractivity contribution in [2.24, 2.45) is 5.92 Å². The smallest absolute Gasteiger partial charge is 0.240 e. The molecule has 0 spiro atoms. The summed E-state index contributed by atoms with van der Waals surface area (Å²) in [6.45, 7) is 7.12. The van der Waals surface area contributed by atoms with Gasteiger partial charge in [-0.1, -0.05) is 19.3 Å². The summed E-state index contributed by atoms with van der Waals surface area (Å²) in [5.74, 6) is 1.47. The molecular formula is C23H37N3O4S. The Morgan fingerprint density at radius 2 is 1.77 bits per heavy atom. The maximum atomic E-state index is 12.6. The second-order valence-corrected chi connectivity index (χ2v) is 10.4. The van der Waals surface area contributed by atoms with Crippen LogP contribution >= 0.6 is 0 Å². The summed E-state index contributed by atoms with van der Waals surface area (Å²) in [7, 11) is -3.64. The molecule has 8 heteroatoms. The number of rotatable bonds is 9. The van der Waals surface area contributed by atoms with Gasteiger partial charge in [-0.05, 0) is 62.9 Å². The summed E-state index contributed by atoms with van der Waals surface area (Å²) >= 11 is 0. The molecule has 0 aromatic heterocycles. The molecule has 3 rings (SSSR count). The molecule has 7 nitrogen and oxygen atoms in total. The van der Waals surface area contributed by atoms with Crippen LogP contribution in [0, 0.1) is 5.92 Å². The van der Waals surface area contributed by atoms with E-state index in [1.807, 2.05) is 11.8 Å². The summed E-state index contributed by atoms with van der Waals surface area (Å²) < 4.78 is 32.8. The van der Waals surface area contributed by atoms with E-state index in [0.29, 0.717) is 12.4 Å². The van der Waals surface area contributed by atoms with E-state index in [2.05, 4.69) is 9.62 Å². The van der Waals surface area contributed by atoms with E-state index in [1.54, 1.807) is 12.1 Å². The predicted molar refractivity (Wildman–Crippen MR) is 122 cm³/mol. The molecule has 1 saturated heterocycles. The number of carbonyl (C=O) groups is 1. The Morgan fingerprint density at radius 1 is 1.03 bits per heavy atom. The lowest BCUT2D eigenvalue weighted by Gasteiger charge is -2.28. The molecule has 1 amide bonds. The summed E-state index contributed by atoms with van der Waals surface area (Å²) in [4.78, 5) is 17.2. The zero-order valence-electron chi connectivity index (χ0n) is 18.7. The Morgan fingerprint density at radius 3 is 2.48 bits per heavy atom. The van der Waals surface area contributed by atoms with Crippen LogP contribution in [-0.2, 0) is 14.8 Å². The van der Waals surface area contributed by atoms with Gasteiger partial charge in [-0.15, -0.1) is 0 Å². The fourth-order valence-corrected chi connectivity index (χ4v) is 5.59. The van der Waals surface area contributed by atoms with Crippen LogP contribution in [0.2, 0.25) is 0 Å². The largest absolute Gasteiger partial charge is 0.494 e. The molecule has 0 atom stereocenters. The van der Waals surface area contributed by atoms with Gasteiger partial charge in [0.2, 0.25) is 15.9 Å². The number of ether oxygens (including phenoxy) is 1. The molecule has 174 valence electrons. The third-order valence-electron chi connectivity index (χ3n) is 6.26. The number of benzene rings is 1. The number of amides is 1. The van der Waals surface area contributed by atoms with Gasteiger partial charge in [0.05, 0.1) is 11.5 Å². The van der Waals surface area contributed by atoms with Gasteiger partial charge in [0.1, 0.15) is 5.75 Å².